The van der Waals surface area contributed by atoms with Gasteiger partial charge in [0.25, 0.3) is 5.91 Å². The Morgan fingerprint density at radius 1 is 1.24 bits per heavy atom. The van der Waals surface area contributed by atoms with Crippen molar-refractivity contribution in [1.82, 2.24) is 9.97 Å². The molecule has 1 amide bonds. The van der Waals surface area contributed by atoms with E-state index >= 15 is 0 Å². The molecular formula is C16H13N3OS. The van der Waals surface area contributed by atoms with Gasteiger partial charge in [-0.3, -0.25) is 15.1 Å². The second-order valence-electron chi connectivity index (χ2n) is 5.18. The third-order valence-corrected chi connectivity index (χ3v) is 4.40. The molecule has 0 spiro atoms. The van der Waals surface area contributed by atoms with Gasteiger partial charge in [-0.25, -0.2) is 4.98 Å². The average Bonchev–Trinajstić information content (AvgIpc) is 3.27. The largest absolute Gasteiger partial charge is 0.298 e. The lowest BCUT2D eigenvalue weighted by Gasteiger charge is -2.05. The van der Waals surface area contributed by atoms with Crippen molar-refractivity contribution in [3.05, 3.63) is 53.2 Å². The van der Waals surface area contributed by atoms with Gasteiger partial charge in [0.05, 0.1) is 11.2 Å². The van der Waals surface area contributed by atoms with Crippen molar-refractivity contribution in [2.24, 2.45) is 0 Å². The molecule has 0 atom stereocenters. The van der Waals surface area contributed by atoms with Crippen LogP contribution < -0.4 is 5.32 Å². The van der Waals surface area contributed by atoms with Crippen LogP contribution in [0.1, 0.15) is 34.8 Å². The first-order chi connectivity index (χ1) is 10.3. The molecule has 1 fully saturated rings. The quantitative estimate of drug-likeness (QED) is 0.799. The highest BCUT2D eigenvalue weighted by molar-refractivity contribution is 7.14. The standard InChI is InChI=1S/C16H13N3OS/c20-15(19-16-18-14(9-21-16)10-6-7-10)12-3-1-5-13-11(12)4-2-8-17-13/h1-5,8-10H,6-7H2,(H,18,19,20). The maximum absolute atomic E-state index is 12.5. The molecular weight excluding hydrogens is 282 g/mol. The maximum Gasteiger partial charge on any atom is 0.258 e. The molecule has 0 radical (unpaired) electrons. The van der Waals surface area contributed by atoms with Crippen LogP contribution in [0.2, 0.25) is 0 Å². The summed E-state index contributed by atoms with van der Waals surface area (Å²) in [4.78, 5) is 21.2. The van der Waals surface area contributed by atoms with E-state index in [2.05, 4.69) is 15.3 Å². The van der Waals surface area contributed by atoms with Crippen LogP contribution in [0.15, 0.2) is 41.9 Å². The van der Waals surface area contributed by atoms with Crippen molar-refractivity contribution in [3.8, 4) is 0 Å². The number of pyridine rings is 1. The van der Waals surface area contributed by atoms with Crippen molar-refractivity contribution in [3.63, 3.8) is 0 Å². The van der Waals surface area contributed by atoms with Crippen LogP contribution in [0.25, 0.3) is 10.9 Å². The van der Waals surface area contributed by atoms with Crippen LogP contribution in [0.3, 0.4) is 0 Å². The highest BCUT2D eigenvalue weighted by atomic mass is 32.1. The van der Waals surface area contributed by atoms with Gasteiger partial charge in [0.2, 0.25) is 0 Å². The lowest BCUT2D eigenvalue weighted by atomic mass is 10.1. The number of aromatic nitrogens is 2. The van der Waals surface area contributed by atoms with Crippen LogP contribution in [0.5, 0.6) is 0 Å². The summed E-state index contributed by atoms with van der Waals surface area (Å²) in [6.07, 6.45) is 4.16. The average molecular weight is 295 g/mol. The Morgan fingerprint density at radius 3 is 3.00 bits per heavy atom. The van der Waals surface area contributed by atoms with E-state index in [0.29, 0.717) is 16.6 Å². The predicted octanol–water partition coefficient (Wildman–Crippen LogP) is 3.82. The van der Waals surface area contributed by atoms with Crippen LogP contribution in [0.4, 0.5) is 5.13 Å². The third kappa shape index (κ3) is 2.40. The van der Waals surface area contributed by atoms with Gasteiger partial charge in [-0.05, 0) is 31.0 Å². The topological polar surface area (TPSA) is 54.9 Å². The fourth-order valence-corrected chi connectivity index (χ4v) is 3.16. The summed E-state index contributed by atoms with van der Waals surface area (Å²) >= 11 is 1.49. The Hall–Kier alpha value is -2.27. The Kier molecular flexibility index (Phi) is 2.93. The number of benzene rings is 1. The molecule has 0 saturated heterocycles. The smallest absolute Gasteiger partial charge is 0.258 e. The molecule has 1 aliphatic rings. The molecule has 4 nitrogen and oxygen atoms in total. The molecule has 4 rings (SSSR count). The number of anilines is 1. The van der Waals surface area contributed by atoms with Crippen LogP contribution in [0, 0.1) is 0 Å². The first-order valence-electron chi connectivity index (χ1n) is 6.92. The van der Waals surface area contributed by atoms with Gasteiger partial charge in [0.1, 0.15) is 0 Å². The number of carbonyl (C=O) groups is 1. The van der Waals surface area contributed by atoms with Crippen LogP contribution >= 0.6 is 11.3 Å². The number of hydrogen-bond donors (Lipinski definition) is 1. The molecule has 5 heteroatoms. The molecule has 3 aromatic rings. The summed E-state index contributed by atoms with van der Waals surface area (Å²) in [5, 5.41) is 6.46. The van der Waals surface area contributed by atoms with Crippen molar-refractivity contribution in [2.75, 3.05) is 5.32 Å². The number of thiazole rings is 1. The van der Waals surface area contributed by atoms with Gasteiger partial charge in [0, 0.05) is 28.4 Å². The van der Waals surface area contributed by atoms with Crippen molar-refractivity contribution in [2.45, 2.75) is 18.8 Å². The molecule has 1 aliphatic carbocycles. The number of hydrogen-bond acceptors (Lipinski definition) is 4. The van der Waals surface area contributed by atoms with E-state index in [1.54, 1.807) is 6.20 Å². The molecule has 0 aliphatic heterocycles. The second-order valence-corrected chi connectivity index (χ2v) is 6.04. The number of amides is 1. The first-order valence-corrected chi connectivity index (χ1v) is 7.80. The molecule has 2 heterocycles. The lowest BCUT2D eigenvalue weighted by Crippen LogP contribution is -2.12. The van der Waals surface area contributed by atoms with Crippen molar-refractivity contribution >= 4 is 33.3 Å². The summed E-state index contributed by atoms with van der Waals surface area (Å²) in [6.45, 7) is 0. The minimum Gasteiger partial charge on any atom is -0.298 e. The highest BCUT2D eigenvalue weighted by Gasteiger charge is 2.26. The van der Waals surface area contributed by atoms with E-state index in [4.69, 9.17) is 0 Å². The highest BCUT2D eigenvalue weighted by Crippen LogP contribution is 2.40. The zero-order valence-electron chi connectivity index (χ0n) is 11.2. The fraction of sp³-hybridized carbons (Fsp3) is 0.188. The summed E-state index contributed by atoms with van der Waals surface area (Å²) in [6, 6.07) is 9.32. The number of nitrogens with zero attached hydrogens (tertiary/aromatic N) is 2. The van der Waals surface area contributed by atoms with E-state index in [1.165, 1.54) is 24.2 Å². The molecule has 1 aromatic carbocycles. The Morgan fingerprint density at radius 2 is 2.14 bits per heavy atom. The van der Waals surface area contributed by atoms with E-state index < -0.39 is 0 Å². The van der Waals surface area contributed by atoms with E-state index in [1.807, 2.05) is 35.7 Å². The Balaban J connectivity index is 1.63. The monoisotopic (exact) mass is 295 g/mol. The van der Waals surface area contributed by atoms with Gasteiger partial charge in [-0.1, -0.05) is 12.1 Å². The SMILES string of the molecule is O=C(Nc1nc(C2CC2)cs1)c1cccc2ncccc12. The van der Waals surface area contributed by atoms with Crippen molar-refractivity contribution in [1.29, 1.82) is 0 Å². The summed E-state index contributed by atoms with van der Waals surface area (Å²) in [7, 11) is 0. The maximum atomic E-state index is 12.5. The molecule has 1 N–H and O–H groups in total. The minimum absolute atomic E-state index is 0.134. The van der Waals surface area contributed by atoms with Crippen LogP contribution in [-0.4, -0.2) is 15.9 Å². The van der Waals surface area contributed by atoms with Gasteiger partial charge in [-0.15, -0.1) is 11.3 Å². The Bertz CT molecular complexity index is 818. The third-order valence-electron chi connectivity index (χ3n) is 3.63. The second kappa shape index (κ2) is 4.93. The number of fused-ring (bicyclic) bond motifs is 1. The molecule has 0 bridgehead atoms. The number of carbonyl (C=O) groups excluding carboxylic acids is 1. The van der Waals surface area contributed by atoms with Gasteiger partial charge in [0.15, 0.2) is 5.13 Å². The predicted molar refractivity (Wildman–Crippen MR) is 83.8 cm³/mol. The zero-order chi connectivity index (χ0) is 14.2. The first kappa shape index (κ1) is 12.5. The Labute approximate surface area is 125 Å². The number of rotatable bonds is 3. The van der Waals surface area contributed by atoms with Crippen molar-refractivity contribution < 1.29 is 4.79 Å². The van der Waals surface area contributed by atoms with Gasteiger partial charge in [-0.2, -0.15) is 0 Å². The van der Waals surface area contributed by atoms with E-state index in [0.717, 1.165) is 16.6 Å². The lowest BCUT2D eigenvalue weighted by molar-refractivity contribution is 0.102. The molecule has 1 saturated carbocycles. The molecule has 21 heavy (non-hydrogen) atoms. The molecule has 104 valence electrons. The molecule has 2 aromatic heterocycles. The molecule has 0 unspecified atom stereocenters. The van der Waals surface area contributed by atoms with Gasteiger partial charge >= 0.3 is 0 Å². The number of nitrogens with one attached hydrogen (secondary N) is 1. The van der Waals surface area contributed by atoms with Crippen LogP contribution in [-0.2, 0) is 0 Å². The summed E-state index contributed by atoms with van der Waals surface area (Å²) in [5.74, 6) is 0.471. The minimum atomic E-state index is -0.134. The zero-order valence-corrected chi connectivity index (χ0v) is 12.1. The summed E-state index contributed by atoms with van der Waals surface area (Å²) in [5.41, 5.74) is 2.56. The summed E-state index contributed by atoms with van der Waals surface area (Å²) < 4.78 is 0. The normalized spacial score (nSPS) is 14.3. The fourth-order valence-electron chi connectivity index (χ4n) is 2.38. The van der Waals surface area contributed by atoms with Gasteiger partial charge < -0.3 is 0 Å². The van der Waals surface area contributed by atoms with E-state index in [-0.39, 0.29) is 5.91 Å². The van der Waals surface area contributed by atoms with E-state index in [9.17, 15) is 4.79 Å².